The first-order chi connectivity index (χ1) is 12.5. The molecule has 7 unspecified atom stereocenters. The summed E-state index contributed by atoms with van der Waals surface area (Å²) in [5.41, 5.74) is 8.05. The lowest BCUT2D eigenvalue weighted by atomic mass is 9.96. The number of terminal acetylenes is 2. The van der Waals surface area contributed by atoms with Crippen LogP contribution in [0.1, 0.15) is 19.3 Å². The second kappa shape index (κ2) is 13.1. The van der Waals surface area contributed by atoms with Gasteiger partial charge in [0.15, 0.2) is 0 Å². The van der Waals surface area contributed by atoms with E-state index >= 15 is 0 Å². The van der Waals surface area contributed by atoms with Crippen LogP contribution in [0.4, 0.5) is 0 Å². The van der Waals surface area contributed by atoms with Gasteiger partial charge < -0.3 is 18.9 Å². The van der Waals surface area contributed by atoms with Crippen LogP contribution in [0.15, 0.2) is 5.11 Å². The van der Waals surface area contributed by atoms with Crippen LogP contribution in [-0.4, -0.2) is 71.6 Å². The summed E-state index contributed by atoms with van der Waals surface area (Å²) in [7, 11) is 13.8. The third-order valence-electron chi connectivity index (χ3n) is 3.80. The molecule has 2 fully saturated rings. The second-order valence-electron chi connectivity index (χ2n) is 5.66. The highest BCUT2D eigenvalue weighted by Crippen LogP contribution is 2.24. The molecule has 2 aliphatic heterocycles. The fourth-order valence-electron chi connectivity index (χ4n) is 2.66. The van der Waals surface area contributed by atoms with Crippen molar-refractivity contribution in [1.82, 2.24) is 0 Å². The van der Waals surface area contributed by atoms with E-state index in [-0.39, 0.29) is 43.2 Å². The predicted molar refractivity (Wildman–Crippen MR) is 104 cm³/mol. The molecule has 0 spiro atoms. The Morgan fingerprint density at radius 1 is 1.12 bits per heavy atom. The van der Waals surface area contributed by atoms with Crippen molar-refractivity contribution in [1.29, 1.82) is 0 Å². The summed E-state index contributed by atoms with van der Waals surface area (Å²) >= 11 is 0. The summed E-state index contributed by atoms with van der Waals surface area (Å²) in [6, 6.07) is -0.539. The Bertz CT molecular complexity index is 551. The quantitative estimate of drug-likeness (QED) is 0.167. The molecule has 136 valence electrons. The molecule has 0 aliphatic carbocycles. The summed E-state index contributed by atoms with van der Waals surface area (Å²) in [6.07, 6.45) is 12.6. The van der Waals surface area contributed by atoms with Crippen molar-refractivity contribution in [2.45, 2.75) is 55.7 Å². The minimum absolute atomic E-state index is 0.0156. The highest BCUT2D eigenvalue weighted by atomic mass is 31.0. The zero-order chi connectivity index (χ0) is 19.4. The van der Waals surface area contributed by atoms with Gasteiger partial charge in [-0.3, -0.25) is 0 Å². The van der Waals surface area contributed by atoms with Gasteiger partial charge in [0.05, 0.1) is 24.4 Å². The van der Waals surface area contributed by atoms with Gasteiger partial charge in [-0.15, -0.1) is 28.0 Å². The van der Waals surface area contributed by atoms with E-state index in [1.54, 1.807) is 0 Å². The zero-order valence-corrected chi connectivity index (χ0v) is 15.7. The maximum absolute atomic E-state index is 8.05. The van der Waals surface area contributed by atoms with E-state index < -0.39 is 0 Å². The van der Waals surface area contributed by atoms with Crippen LogP contribution in [0.25, 0.3) is 10.4 Å². The monoisotopic (exact) mass is 373 g/mol. The number of hydrogen-bond donors (Lipinski definition) is 0. The van der Waals surface area contributed by atoms with Crippen LogP contribution in [0.3, 0.4) is 0 Å². The first-order valence-corrected chi connectivity index (χ1v) is 9.00. The Kier molecular flexibility index (Phi) is 11.5. The smallest absolute Gasteiger partial charge is 0.126 e. The zero-order valence-electron chi connectivity index (χ0n) is 14.6. The minimum Gasteiger partial charge on any atom is -0.382 e. The van der Waals surface area contributed by atoms with E-state index in [9.17, 15) is 0 Å². The Morgan fingerprint density at radius 3 is 2.27 bits per heavy atom. The molecule has 2 aliphatic rings. The van der Waals surface area contributed by atoms with Gasteiger partial charge in [0.2, 0.25) is 0 Å². The Hall–Kier alpha value is -1.17. The Balaban J connectivity index is 0.000000263. The summed E-state index contributed by atoms with van der Waals surface area (Å²) in [4.78, 5) is 2.57. The van der Waals surface area contributed by atoms with Crippen molar-refractivity contribution in [2.24, 2.45) is 5.11 Å². The average Bonchev–Trinajstić information content (AvgIpc) is 3.16. The van der Waals surface area contributed by atoms with Gasteiger partial charge in [-0.25, -0.2) is 0 Å². The third-order valence-corrected chi connectivity index (χ3v) is 4.26. The minimum atomic E-state index is -0.343. The topological polar surface area (TPSA) is 85.7 Å². The molecule has 0 aromatic carbocycles. The van der Waals surface area contributed by atoms with Crippen molar-refractivity contribution >= 4 is 24.9 Å². The second-order valence-corrected chi connectivity index (χ2v) is 6.13. The third kappa shape index (κ3) is 8.02. The lowest BCUT2D eigenvalue weighted by Crippen LogP contribution is -2.25. The molecular weight excluding hydrogens is 351 g/mol. The summed E-state index contributed by atoms with van der Waals surface area (Å²) in [6.45, 7) is 0.320. The van der Waals surface area contributed by atoms with Gasteiger partial charge in [-0.05, 0) is 24.5 Å². The molecule has 26 heavy (non-hydrogen) atoms. The highest BCUT2D eigenvalue weighted by Gasteiger charge is 2.32. The lowest BCUT2D eigenvalue weighted by molar-refractivity contribution is -0.00759. The Labute approximate surface area is 159 Å². The van der Waals surface area contributed by atoms with Crippen LogP contribution >= 0.6 is 9.24 Å². The van der Waals surface area contributed by atoms with Gasteiger partial charge in [-0.2, -0.15) is 0 Å². The van der Waals surface area contributed by atoms with E-state index in [0.29, 0.717) is 19.4 Å². The molecule has 7 nitrogen and oxygen atoms in total. The van der Waals surface area contributed by atoms with Gasteiger partial charge in [0.25, 0.3) is 0 Å². The normalized spacial score (nSPS) is 32.6. The van der Waals surface area contributed by atoms with Crippen molar-refractivity contribution in [2.75, 3.05) is 19.5 Å². The predicted octanol–water partition coefficient (Wildman–Crippen LogP) is 1.11. The van der Waals surface area contributed by atoms with Crippen molar-refractivity contribution < 1.29 is 18.9 Å². The van der Waals surface area contributed by atoms with Crippen molar-refractivity contribution in [3.63, 3.8) is 0 Å². The number of nitrogens with zero attached hydrogens (tertiary/aromatic N) is 3. The van der Waals surface area contributed by atoms with E-state index in [1.807, 2.05) is 0 Å². The summed E-state index contributed by atoms with van der Waals surface area (Å²) < 4.78 is 21.3. The molecular formula is C16H22B2N3O4P. The standard InChI is InChI=1S/C8H10BN3O2.C8H12BO2P/c1-2-3-6-7(4-8(9)14-6)13-5-11-12-10;1-2-3-10-6-4-8(9)11-7(6)5-12/h1,6-8H,3-5H2;1,6-8H,3-5,12H2. The molecule has 7 atom stereocenters. The molecule has 0 amide bonds. The largest absolute Gasteiger partial charge is 0.382 e. The van der Waals surface area contributed by atoms with Crippen LogP contribution < -0.4 is 0 Å². The number of hydrogen-bond acceptors (Lipinski definition) is 5. The number of azide groups is 1. The highest BCUT2D eigenvalue weighted by molar-refractivity contribution is 7.16. The molecule has 0 bridgehead atoms. The van der Waals surface area contributed by atoms with Gasteiger partial charge in [-0.1, -0.05) is 11.0 Å². The maximum Gasteiger partial charge on any atom is 0.126 e. The van der Waals surface area contributed by atoms with Gasteiger partial charge >= 0.3 is 0 Å². The molecule has 0 N–H and O–H groups in total. The van der Waals surface area contributed by atoms with Crippen LogP contribution in [0.2, 0.25) is 0 Å². The van der Waals surface area contributed by atoms with E-state index in [0.717, 1.165) is 12.6 Å². The molecule has 2 heterocycles. The van der Waals surface area contributed by atoms with E-state index in [4.69, 9.17) is 53.0 Å². The fourth-order valence-corrected chi connectivity index (χ4v) is 3.08. The molecule has 4 radical (unpaired) electrons. The first-order valence-electron chi connectivity index (χ1n) is 8.18. The molecule has 0 aromatic rings. The van der Waals surface area contributed by atoms with Crippen LogP contribution in [0, 0.1) is 24.7 Å². The first kappa shape index (κ1) is 22.9. The molecule has 0 saturated carbocycles. The average molecular weight is 373 g/mol. The molecule has 2 rings (SSSR count). The van der Waals surface area contributed by atoms with Gasteiger partial charge in [0.1, 0.15) is 29.0 Å². The molecule has 2 saturated heterocycles. The number of ether oxygens (including phenoxy) is 4. The lowest BCUT2D eigenvalue weighted by Gasteiger charge is -2.15. The van der Waals surface area contributed by atoms with E-state index in [1.165, 1.54) is 0 Å². The molecule has 0 aromatic heterocycles. The molecule has 10 heteroatoms. The summed E-state index contributed by atoms with van der Waals surface area (Å²) in [5, 5.41) is 3.27. The van der Waals surface area contributed by atoms with Gasteiger partial charge in [0, 0.05) is 23.3 Å². The Morgan fingerprint density at radius 2 is 1.73 bits per heavy atom. The van der Waals surface area contributed by atoms with E-state index in [2.05, 4.69) is 31.1 Å². The van der Waals surface area contributed by atoms with Crippen LogP contribution in [0.5, 0.6) is 0 Å². The van der Waals surface area contributed by atoms with Crippen LogP contribution in [-0.2, 0) is 18.9 Å². The summed E-state index contributed by atoms with van der Waals surface area (Å²) in [5.74, 6) is 4.92. The maximum atomic E-state index is 8.05. The SMILES string of the molecule is [B]C1CC(OCC#C)C(CP)O1.[B]C1CC(OCN=[N+]=[N-])C(CC#C)O1. The van der Waals surface area contributed by atoms with Crippen molar-refractivity contribution in [3.05, 3.63) is 10.4 Å². The fraction of sp³-hybridized carbons (Fsp3) is 0.750. The number of rotatable bonds is 7. The van der Waals surface area contributed by atoms with Crippen molar-refractivity contribution in [3.8, 4) is 24.7 Å².